The van der Waals surface area contributed by atoms with E-state index in [0.717, 1.165) is 50.0 Å². The van der Waals surface area contributed by atoms with Crippen molar-refractivity contribution in [2.24, 2.45) is 23.5 Å². The number of benzene rings is 2. The molecule has 0 saturated carbocycles. The van der Waals surface area contributed by atoms with Gasteiger partial charge in [0.15, 0.2) is 5.78 Å². The maximum atomic E-state index is 13.0. The molecule has 0 bridgehead atoms. The van der Waals surface area contributed by atoms with Crippen molar-refractivity contribution in [2.45, 2.75) is 65.2 Å². The highest BCUT2D eigenvalue weighted by atomic mass is 16.5. The van der Waals surface area contributed by atoms with E-state index in [1.807, 2.05) is 31.2 Å². The average molecular weight is 576 g/mol. The normalized spacial score (nSPS) is 13.0. The number of rotatable bonds is 19. The standard InChI is InChI=1S/C35H45NO6/c1-5-7-32(37)31(34(39)35(36)40)20-9-25(2)33(38)30-18-16-27(17-19-30)11-10-26-12-14-29(15-13-26)24-28(21-23-42-4)8-6-22-41-3/h12-19,25,28,31H,5-9,20-24H2,1-4H3,(H2,36,40). The van der Waals surface area contributed by atoms with Crippen LogP contribution in [-0.2, 0) is 30.3 Å². The molecule has 0 spiro atoms. The molecule has 7 heteroatoms. The second-order valence-electron chi connectivity index (χ2n) is 10.9. The molecule has 2 rings (SSSR count). The Hall–Kier alpha value is -3.60. The monoisotopic (exact) mass is 575 g/mol. The zero-order valence-corrected chi connectivity index (χ0v) is 25.4. The number of primary amides is 1. The Balaban J connectivity index is 1.97. The number of amides is 1. The molecule has 7 nitrogen and oxygen atoms in total. The molecular formula is C35H45NO6. The lowest BCUT2D eigenvalue weighted by molar-refractivity contribution is -0.142. The Kier molecular flexibility index (Phi) is 15.5. The number of hydrogen-bond acceptors (Lipinski definition) is 6. The first-order valence-electron chi connectivity index (χ1n) is 14.8. The van der Waals surface area contributed by atoms with Crippen LogP contribution in [0.25, 0.3) is 0 Å². The second-order valence-corrected chi connectivity index (χ2v) is 10.9. The highest BCUT2D eigenvalue weighted by molar-refractivity contribution is 6.40. The van der Waals surface area contributed by atoms with Crippen molar-refractivity contribution in [2.75, 3.05) is 27.4 Å². The molecule has 0 radical (unpaired) electrons. The van der Waals surface area contributed by atoms with Crippen molar-refractivity contribution >= 4 is 23.3 Å². The maximum absolute atomic E-state index is 13.0. The largest absolute Gasteiger partial charge is 0.385 e. The quantitative estimate of drug-likeness (QED) is 0.0795. The predicted molar refractivity (Wildman–Crippen MR) is 164 cm³/mol. The summed E-state index contributed by atoms with van der Waals surface area (Å²) >= 11 is 0. The fraction of sp³-hybridized carbons (Fsp3) is 0.486. The third-order valence-corrected chi connectivity index (χ3v) is 7.47. The van der Waals surface area contributed by atoms with Crippen LogP contribution in [0.4, 0.5) is 0 Å². The minimum atomic E-state index is -1.11. The molecule has 0 aliphatic heterocycles. The van der Waals surface area contributed by atoms with Crippen LogP contribution in [0.15, 0.2) is 48.5 Å². The number of methoxy groups -OCH3 is 2. The molecule has 0 fully saturated rings. The van der Waals surface area contributed by atoms with E-state index in [-0.39, 0.29) is 24.4 Å². The van der Waals surface area contributed by atoms with Crippen LogP contribution in [0.5, 0.6) is 0 Å². The van der Waals surface area contributed by atoms with E-state index in [2.05, 4.69) is 24.0 Å². The van der Waals surface area contributed by atoms with Gasteiger partial charge in [0.1, 0.15) is 5.78 Å². The van der Waals surface area contributed by atoms with Crippen molar-refractivity contribution in [3.8, 4) is 11.8 Å². The second kappa shape index (κ2) is 18.8. The van der Waals surface area contributed by atoms with E-state index in [0.29, 0.717) is 24.3 Å². The van der Waals surface area contributed by atoms with E-state index in [4.69, 9.17) is 15.2 Å². The van der Waals surface area contributed by atoms with E-state index in [9.17, 15) is 19.2 Å². The molecule has 0 heterocycles. The van der Waals surface area contributed by atoms with Gasteiger partial charge in [-0.3, -0.25) is 19.2 Å². The third kappa shape index (κ3) is 11.7. The summed E-state index contributed by atoms with van der Waals surface area (Å²) < 4.78 is 10.5. The maximum Gasteiger partial charge on any atom is 0.285 e. The molecule has 2 N–H and O–H groups in total. The molecule has 226 valence electrons. The molecule has 42 heavy (non-hydrogen) atoms. The van der Waals surface area contributed by atoms with Gasteiger partial charge in [0.05, 0.1) is 5.92 Å². The van der Waals surface area contributed by atoms with E-state index in [1.165, 1.54) is 5.56 Å². The molecule has 2 aromatic rings. The molecule has 0 aliphatic rings. The first kappa shape index (κ1) is 34.6. The van der Waals surface area contributed by atoms with Crippen molar-refractivity contribution < 1.29 is 28.7 Å². The van der Waals surface area contributed by atoms with Gasteiger partial charge in [-0.2, -0.15) is 0 Å². The molecular weight excluding hydrogens is 530 g/mol. The Morgan fingerprint density at radius 2 is 1.40 bits per heavy atom. The van der Waals surface area contributed by atoms with Crippen LogP contribution in [0, 0.1) is 29.6 Å². The minimum Gasteiger partial charge on any atom is -0.385 e. The lowest BCUT2D eigenvalue weighted by Crippen LogP contribution is -2.35. The van der Waals surface area contributed by atoms with Gasteiger partial charge in [-0.1, -0.05) is 50.0 Å². The first-order valence-corrected chi connectivity index (χ1v) is 14.8. The number of hydrogen-bond donors (Lipinski definition) is 1. The van der Waals surface area contributed by atoms with Gasteiger partial charge in [-0.25, -0.2) is 0 Å². The number of Topliss-reactive ketones (excluding diaryl/α,β-unsaturated/α-hetero) is 3. The number of nitrogens with two attached hydrogens (primary N) is 1. The number of ketones is 3. The fourth-order valence-corrected chi connectivity index (χ4v) is 4.93. The van der Waals surface area contributed by atoms with Crippen molar-refractivity contribution in [3.63, 3.8) is 0 Å². The lowest BCUT2D eigenvalue weighted by atomic mass is 9.86. The molecule has 0 aromatic heterocycles. The molecule has 3 atom stereocenters. The van der Waals surface area contributed by atoms with Gasteiger partial charge in [-0.15, -0.1) is 0 Å². The van der Waals surface area contributed by atoms with Gasteiger partial charge in [-0.05, 0) is 80.7 Å². The van der Waals surface area contributed by atoms with Crippen LogP contribution < -0.4 is 5.73 Å². The van der Waals surface area contributed by atoms with Gasteiger partial charge >= 0.3 is 0 Å². The number of ether oxygens (including phenoxy) is 2. The summed E-state index contributed by atoms with van der Waals surface area (Å²) in [5, 5.41) is 0. The van der Waals surface area contributed by atoms with Crippen molar-refractivity contribution in [1.82, 2.24) is 0 Å². The highest BCUT2D eigenvalue weighted by Crippen LogP contribution is 2.21. The number of carbonyl (C=O) groups is 4. The van der Waals surface area contributed by atoms with Crippen molar-refractivity contribution in [1.29, 1.82) is 0 Å². The Morgan fingerprint density at radius 1 is 0.810 bits per heavy atom. The van der Waals surface area contributed by atoms with Gasteiger partial charge in [0, 0.05) is 56.5 Å². The lowest BCUT2D eigenvalue weighted by Gasteiger charge is -2.16. The summed E-state index contributed by atoms with van der Waals surface area (Å²) in [7, 11) is 3.47. The molecule has 0 saturated heterocycles. The Labute approximate surface area is 250 Å². The topological polar surface area (TPSA) is 113 Å². The van der Waals surface area contributed by atoms with E-state index >= 15 is 0 Å². The van der Waals surface area contributed by atoms with Gasteiger partial charge in [0.25, 0.3) is 5.91 Å². The SMILES string of the molecule is CCCC(=O)C(CCC(C)C(=O)c1ccc(C#Cc2ccc(CC(CCCOC)CCOC)cc2)cc1)C(=O)C(N)=O. The Morgan fingerprint density at radius 3 is 1.95 bits per heavy atom. The summed E-state index contributed by atoms with van der Waals surface area (Å²) in [4.78, 5) is 48.9. The third-order valence-electron chi connectivity index (χ3n) is 7.47. The molecule has 3 unspecified atom stereocenters. The summed E-state index contributed by atoms with van der Waals surface area (Å²) in [6, 6.07) is 15.4. The summed E-state index contributed by atoms with van der Waals surface area (Å²) in [6.07, 6.45) is 5.35. The van der Waals surface area contributed by atoms with E-state index in [1.54, 1.807) is 33.3 Å². The smallest absolute Gasteiger partial charge is 0.285 e. The van der Waals surface area contributed by atoms with Crippen LogP contribution in [0.3, 0.4) is 0 Å². The van der Waals surface area contributed by atoms with Gasteiger partial charge in [0.2, 0.25) is 5.78 Å². The van der Waals surface area contributed by atoms with Crippen LogP contribution in [0.2, 0.25) is 0 Å². The van der Waals surface area contributed by atoms with Gasteiger partial charge < -0.3 is 15.2 Å². The predicted octanol–water partition coefficient (Wildman–Crippen LogP) is 5.35. The number of carbonyl (C=O) groups excluding carboxylic acids is 4. The molecule has 2 aromatic carbocycles. The first-order chi connectivity index (χ1) is 20.2. The average Bonchev–Trinajstić information content (AvgIpc) is 2.99. The fourth-order valence-electron chi connectivity index (χ4n) is 4.93. The zero-order valence-electron chi connectivity index (χ0n) is 25.4. The van der Waals surface area contributed by atoms with Crippen molar-refractivity contribution in [3.05, 3.63) is 70.8 Å². The minimum absolute atomic E-state index is 0.0932. The van der Waals surface area contributed by atoms with E-state index < -0.39 is 23.5 Å². The van der Waals surface area contributed by atoms with Crippen LogP contribution >= 0.6 is 0 Å². The Bertz CT molecular complexity index is 1220. The van der Waals surface area contributed by atoms with Crippen LogP contribution in [-0.4, -0.2) is 50.7 Å². The zero-order chi connectivity index (χ0) is 30.9. The molecule has 1 amide bonds. The summed E-state index contributed by atoms with van der Waals surface area (Å²) in [5.41, 5.74) is 8.65. The highest BCUT2D eigenvalue weighted by Gasteiger charge is 2.30. The summed E-state index contributed by atoms with van der Waals surface area (Å²) in [6.45, 7) is 5.11. The van der Waals surface area contributed by atoms with Crippen LogP contribution in [0.1, 0.15) is 85.8 Å². The molecule has 0 aliphatic carbocycles. The summed E-state index contributed by atoms with van der Waals surface area (Å²) in [5.74, 6) is 2.99.